The third-order valence-corrected chi connectivity index (χ3v) is 5.25. The van der Waals surface area contributed by atoms with Gasteiger partial charge in [-0.1, -0.05) is 49.4 Å². The molecule has 6 nitrogen and oxygen atoms in total. The minimum absolute atomic E-state index is 0.121. The smallest absolute Gasteiger partial charge is 0.340 e. The first-order valence-electron chi connectivity index (χ1n) is 10.3. The summed E-state index contributed by atoms with van der Waals surface area (Å²) in [6.45, 7) is 6.78. The molecule has 0 aliphatic rings. The first-order chi connectivity index (χ1) is 14.8. The van der Waals surface area contributed by atoms with Crippen LogP contribution < -0.4 is 5.32 Å². The minimum atomic E-state index is -0.545. The highest BCUT2D eigenvalue weighted by Gasteiger charge is 2.20. The van der Waals surface area contributed by atoms with E-state index < -0.39 is 5.97 Å². The molecular formula is C25H26N2O4. The number of hydrogen-bond donors (Lipinski definition) is 1. The normalized spacial score (nSPS) is 11.7. The topological polar surface area (TPSA) is 85.4 Å². The lowest BCUT2D eigenvalue weighted by atomic mass is 10.0. The van der Waals surface area contributed by atoms with E-state index in [2.05, 4.69) is 10.3 Å². The molecule has 0 spiro atoms. The van der Waals surface area contributed by atoms with E-state index in [1.165, 1.54) is 6.92 Å². The van der Waals surface area contributed by atoms with Crippen LogP contribution in [-0.2, 0) is 16.0 Å². The number of nitrogens with zero attached hydrogens (tertiary/aromatic N) is 1. The third-order valence-electron chi connectivity index (χ3n) is 5.25. The molecular weight excluding hydrogens is 392 g/mol. The van der Waals surface area contributed by atoms with Crippen molar-refractivity contribution >= 4 is 28.6 Å². The Balaban J connectivity index is 1.73. The highest BCUT2D eigenvalue weighted by atomic mass is 16.5. The average molecular weight is 418 g/mol. The molecule has 1 atom stereocenters. The first-order valence-corrected chi connectivity index (χ1v) is 10.3. The number of pyridine rings is 1. The zero-order chi connectivity index (χ0) is 22.5. The second-order valence-corrected chi connectivity index (χ2v) is 7.47. The molecule has 0 saturated carbocycles. The fourth-order valence-corrected chi connectivity index (χ4v) is 3.60. The second-order valence-electron chi connectivity index (χ2n) is 7.47. The van der Waals surface area contributed by atoms with Crippen LogP contribution in [0.5, 0.6) is 0 Å². The Hall–Kier alpha value is -3.54. The van der Waals surface area contributed by atoms with Gasteiger partial charge in [0.15, 0.2) is 12.4 Å². The van der Waals surface area contributed by atoms with Gasteiger partial charge >= 0.3 is 5.97 Å². The van der Waals surface area contributed by atoms with Gasteiger partial charge in [-0.25, -0.2) is 4.79 Å². The van der Waals surface area contributed by atoms with Gasteiger partial charge in [0, 0.05) is 17.9 Å². The van der Waals surface area contributed by atoms with Gasteiger partial charge in [0.2, 0.25) is 5.91 Å². The first kappa shape index (κ1) is 22.2. The van der Waals surface area contributed by atoms with E-state index in [1.807, 2.05) is 45.0 Å². The van der Waals surface area contributed by atoms with Crippen LogP contribution in [-0.4, -0.2) is 29.3 Å². The molecule has 0 aliphatic carbocycles. The van der Waals surface area contributed by atoms with Gasteiger partial charge in [-0.15, -0.1) is 0 Å². The highest BCUT2D eigenvalue weighted by Crippen LogP contribution is 2.24. The summed E-state index contributed by atoms with van der Waals surface area (Å²) >= 11 is 0. The number of fused-ring (bicyclic) bond motifs is 1. The van der Waals surface area contributed by atoms with Crippen molar-refractivity contribution in [3.8, 4) is 0 Å². The molecule has 6 heteroatoms. The molecule has 1 N–H and O–H groups in total. The molecule has 3 rings (SSSR count). The lowest BCUT2D eigenvalue weighted by molar-refractivity contribution is -0.119. The Morgan fingerprint density at radius 3 is 2.39 bits per heavy atom. The van der Waals surface area contributed by atoms with Crippen LogP contribution in [0.4, 0.5) is 0 Å². The number of Topliss-reactive ketones (excluding diaryl/α,β-unsaturated/α-hetero) is 1. The Labute approximate surface area is 181 Å². The molecule has 1 heterocycles. The molecule has 160 valence electrons. The summed E-state index contributed by atoms with van der Waals surface area (Å²) in [4.78, 5) is 41.1. The predicted octanol–water partition coefficient (Wildman–Crippen LogP) is 4.34. The molecule has 1 amide bonds. The zero-order valence-corrected chi connectivity index (χ0v) is 18.2. The molecule has 2 aromatic carbocycles. The number of carbonyl (C=O) groups excluding carboxylic acids is 3. The lowest BCUT2D eigenvalue weighted by Crippen LogP contribution is -2.23. The van der Waals surface area contributed by atoms with Gasteiger partial charge in [0.25, 0.3) is 0 Å². The molecule has 0 radical (unpaired) electrons. The van der Waals surface area contributed by atoms with Crippen LogP contribution in [0.3, 0.4) is 0 Å². The maximum Gasteiger partial charge on any atom is 0.340 e. The van der Waals surface area contributed by atoms with Crippen molar-refractivity contribution in [3.05, 3.63) is 76.5 Å². The number of nitrogens with one attached hydrogen (secondary N) is 1. The van der Waals surface area contributed by atoms with Crippen molar-refractivity contribution in [2.24, 2.45) is 0 Å². The van der Waals surface area contributed by atoms with E-state index in [0.717, 1.165) is 22.0 Å². The molecule has 0 fully saturated rings. The number of aromatic nitrogens is 1. The Morgan fingerprint density at radius 2 is 1.74 bits per heavy atom. The van der Waals surface area contributed by atoms with Crippen molar-refractivity contribution in [1.29, 1.82) is 0 Å². The van der Waals surface area contributed by atoms with Crippen LogP contribution in [0, 0.1) is 6.92 Å². The van der Waals surface area contributed by atoms with Gasteiger partial charge in [0.05, 0.1) is 22.8 Å². The third kappa shape index (κ3) is 4.97. The average Bonchev–Trinajstić information content (AvgIpc) is 2.76. The number of rotatable bonds is 7. The van der Waals surface area contributed by atoms with E-state index >= 15 is 0 Å². The maximum atomic E-state index is 12.8. The minimum Gasteiger partial charge on any atom is -0.454 e. The summed E-state index contributed by atoms with van der Waals surface area (Å²) in [5.41, 5.74) is 4.04. The summed E-state index contributed by atoms with van der Waals surface area (Å²) in [5.74, 6) is -0.960. The molecule has 0 saturated heterocycles. The number of para-hydroxylation sites is 1. The summed E-state index contributed by atoms with van der Waals surface area (Å²) in [5, 5.41) is 3.69. The summed E-state index contributed by atoms with van der Waals surface area (Å²) in [6, 6.07) is 14.4. The van der Waals surface area contributed by atoms with E-state index in [-0.39, 0.29) is 24.3 Å². The van der Waals surface area contributed by atoms with Crippen molar-refractivity contribution in [2.75, 3.05) is 6.61 Å². The monoisotopic (exact) mass is 418 g/mol. The number of hydrogen-bond acceptors (Lipinski definition) is 5. The number of aryl methyl sites for hydroxylation is 2. The number of amides is 1. The van der Waals surface area contributed by atoms with Gasteiger partial charge < -0.3 is 10.1 Å². The molecule has 0 aliphatic heterocycles. The Bertz CT molecular complexity index is 1140. The summed E-state index contributed by atoms with van der Waals surface area (Å²) < 4.78 is 5.36. The van der Waals surface area contributed by atoms with Gasteiger partial charge in [-0.05, 0) is 37.5 Å². The van der Waals surface area contributed by atoms with Crippen LogP contribution in [0.25, 0.3) is 10.9 Å². The van der Waals surface area contributed by atoms with Crippen molar-refractivity contribution in [1.82, 2.24) is 10.3 Å². The fourth-order valence-electron chi connectivity index (χ4n) is 3.60. The number of esters is 1. The summed E-state index contributed by atoms with van der Waals surface area (Å²) in [7, 11) is 0. The Kier molecular flexibility index (Phi) is 6.80. The standard InChI is InChI=1S/C25H26N2O4/c1-5-21-24(15(2)20-8-6-7-9-22(20)27-21)25(30)31-14-23(29)19-12-10-18(11-13-19)16(3)26-17(4)28/h6-13,16H,5,14H2,1-4H3,(H,26,28)/t16-/m0/s1. The highest BCUT2D eigenvalue weighted by molar-refractivity contribution is 6.01. The van der Waals surface area contributed by atoms with E-state index in [1.54, 1.807) is 24.3 Å². The second kappa shape index (κ2) is 9.51. The van der Waals surface area contributed by atoms with Crippen LogP contribution in [0.15, 0.2) is 48.5 Å². The van der Waals surface area contributed by atoms with Crippen molar-refractivity contribution in [2.45, 2.75) is 40.2 Å². The largest absolute Gasteiger partial charge is 0.454 e. The van der Waals surface area contributed by atoms with Crippen LogP contribution in [0.2, 0.25) is 0 Å². The molecule has 3 aromatic rings. The van der Waals surface area contributed by atoms with Gasteiger partial charge in [-0.3, -0.25) is 14.6 Å². The summed E-state index contributed by atoms with van der Waals surface area (Å²) in [6.07, 6.45) is 0.581. The quantitative estimate of drug-likeness (QED) is 0.456. The number of ether oxygens (including phenoxy) is 1. The number of carbonyl (C=O) groups is 3. The fraction of sp³-hybridized carbons (Fsp3) is 0.280. The lowest BCUT2D eigenvalue weighted by Gasteiger charge is -2.14. The maximum absolute atomic E-state index is 12.8. The van der Waals surface area contributed by atoms with Gasteiger partial charge in [0.1, 0.15) is 0 Å². The zero-order valence-electron chi connectivity index (χ0n) is 18.2. The molecule has 1 aromatic heterocycles. The van der Waals surface area contributed by atoms with Crippen molar-refractivity contribution < 1.29 is 19.1 Å². The number of ketones is 1. The number of benzene rings is 2. The molecule has 0 bridgehead atoms. The van der Waals surface area contributed by atoms with Crippen LogP contribution in [0.1, 0.15) is 64.3 Å². The SMILES string of the molecule is CCc1nc2ccccc2c(C)c1C(=O)OCC(=O)c1ccc([C@H](C)NC(C)=O)cc1. The Morgan fingerprint density at radius 1 is 1.06 bits per heavy atom. The predicted molar refractivity (Wildman–Crippen MR) is 119 cm³/mol. The molecule has 31 heavy (non-hydrogen) atoms. The van der Waals surface area contributed by atoms with E-state index in [0.29, 0.717) is 23.2 Å². The van der Waals surface area contributed by atoms with E-state index in [4.69, 9.17) is 4.74 Å². The molecule has 0 unspecified atom stereocenters. The van der Waals surface area contributed by atoms with Crippen LogP contribution >= 0.6 is 0 Å². The van der Waals surface area contributed by atoms with E-state index in [9.17, 15) is 14.4 Å². The van der Waals surface area contributed by atoms with Crippen molar-refractivity contribution in [3.63, 3.8) is 0 Å². The van der Waals surface area contributed by atoms with Gasteiger partial charge in [-0.2, -0.15) is 0 Å².